The fourth-order valence-electron chi connectivity index (χ4n) is 1.62. The van der Waals surface area contributed by atoms with Crippen molar-refractivity contribution in [3.63, 3.8) is 0 Å². The summed E-state index contributed by atoms with van der Waals surface area (Å²) in [4.78, 5) is 20.6. The maximum atomic E-state index is 11.8. The number of H-pyrrole nitrogens is 1. The summed E-state index contributed by atoms with van der Waals surface area (Å²) >= 11 is 0. The molecular formula is C11H13N3O. The number of carbonyl (C=O) groups excluding carboxylic acids is 1. The first-order valence-electron chi connectivity index (χ1n) is 4.75. The summed E-state index contributed by atoms with van der Waals surface area (Å²) in [5.41, 5.74) is 3.46. The van der Waals surface area contributed by atoms with Crippen LogP contribution in [0.25, 0.3) is 11.0 Å². The Balaban J connectivity index is 2.62. The molecule has 0 atom stereocenters. The van der Waals surface area contributed by atoms with Crippen LogP contribution < -0.4 is 0 Å². The Morgan fingerprint density at radius 2 is 2.13 bits per heavy atom. The van der Waals surface area contributed by atoms with Gasteiger partial charge >= 0.3 is 0 Å². The number of nitrogens with one attached hydrogen (secondary N) is 1. The smallest absolute Gasteiger partial charge is 0.253 e. The van der Waals surface area contributed by atoms with E-state index in [0.717, 1.165) is 16.6 Å². The van der Waals surface area contributed by atoms with E-state index in [1.54, 1.807) is 25.3 Å². The van der Waals surface area contributed by atoms with Crippen molar-refractivity contribution >= 4 is 16.9 Å². The van der Waals surface area contributed by atoms with Crippen molar-refractivity contribution in [3.05, 3.63) is 29.6 Å². The lowest BCUT2D eigenvalue weighted by atomic mass is 10.1. The van der Waals surface area contributed by atoms with Crippen LogP contribution in [-0.4, -0.2) is 34.9 Å². The minimum absolute atomic E-state index is 0.0115. The number of fused-ring (bicyclic) bond motifs is 1. The van der Waals surface area contributed by atoms with E-state index in [2.05, 4.69) is 9.97 Å². The van der Waals surface area contributed by atoms with Crippen LogP contribution in [0.2, 0.25) is 0 Å². The standard InChI is InChI=1S/C11H13N3O/c1-7-8(11(15)14(2)3)4-5-9-10(7)13-6-12-9/h4-6H,1-3H3,(H,12,13). The van der Waals surface area contributed by atoms with Gasteiger partial charge < -0.3 is 9.88 Å². The molecule has 1 heterocycles. The lowest BCUT2D eigenvalue weighted by molar-refractivity contribution is 0.0827. The summed E-state index contributed by atoms with van der Waals surface area (Å²) in [6.07, 6.45) is 1.64. The van der Waals surface area contributed by atoms with E-state index in [9.17, 15) is 4.79 Å². The summed E-state index contributed by atoms with van der Waals surface area (Å²) in [5, 5.41) is 0. The molecule has 15 heavy (non-hydrogen) atoms. The fourth-order valence-corrected chi connectivity index (χ4v) is 1.62. The van der Waals surface area contributed by atoms with E-state index in [-0.39, 0.29) is 5.91 Å². The number of benzene rings is 1. The van der Waals surface area contributed by atoms with Crippen LogP contribution in [0.15, 0.2) is 18.5 Å². The molecule has 0 aliphatic heterocycles. The Bertz CT molecular complexity index is 514. The van der Waals surface area contributed by atoms with Crippen LogP contribution in [0.3, 0.4) is 0 Å². The molecule has 0 bridgehead atoms. The molecule has 0 saturated carbocycles. The first kappa shape index (κ1) is 9.71. The number of hydrogen-bond acceptors (Lipinski definition) is 2. The normalized spacial score (nSPS) is 10.6. The largest absolute Gasteiger partial charge is 0.345 e. The van der Waals surface area contributed by atoms with Gasteiger partial charge in [-0.3, -0.25) is 4.79 Å². The van der Waals surface area contributed by atoms with E-state index in [4.69, 9.17) is 0 Å². The van der Waals surface area contributed by atoms with E-state index in [1.807, 2.05) is 19.1 Å². The van der Waals surface area contributed by atoms with Crippen LogP contribution >= 0.6 is 0 Å². The molecule has 4 nitrogen and oxygen atoms in total. The molecular weight excluding hydrogens is 190 g/mol. The fraction of sp³-hybridized carbons (Fsp3) is 0.273. The third-order valence-electron chi connectivity index (χ3n) is 2.48. The second-order valence-electron chi connectivity index (χ2n) is 3.74. The van der Waals surface area contributed by atoms with Gasteiger partial charge in [-0.2, -0.15) is 0 Å². The average Bonchev–Trinajstić information content (AvgIpc) is 2.66. The minimum Gasteiger partial charge on any atom is -0.345 e. The van der Waals surface area contributed by atoms with Crippen LogP contribution in [0.1, 0.15) is 15.9 Å². The number of amides is 1. The van der Waals surface area contributed by atoms with Gasteiger partial charge in [0.15, 0.2) is 0 Å². The van der Waals surface area contributed by atoms with Crippen molar-refractivity contribution in [3.8, 4) is 0 Å². The summed E-state index contributed by atoms with van der Waals surface area (Å²) in [6.45, 7) is 1.92. The maximum Gasteiger partial charge on any atom is 0.253 e. The van der Waals surface area contributed by atoms with E-state index >= 15 is 0 Å². The lowest BCUT2D eigenvalue weighted by Gasteiger charge is -2.12. The average molecular weight is 203 g/mol. The van der Waals surface area contributed by atoms with Crippen LogP contribution in [-0.2, 0) is 0 Å². The van der Waals surface area contributed by atoms with Crippen LogP contribution in [0, 0.1) is 6.92 Å². The maximum absolute atomic E-state index is 11.8. The van der Waals surface area contributed by atoms with Crippen LogP contribution in [0.4, 0.5) is 0 Å². The van der Waals surface area contributed by atoms with Crippen molar-refractivity contribution in [1.82, 2.24) is 14.9 Å². The molecule has 0 spiro atoms. The predicted molar refractivity (Wildman–Crippen MR) is 58.8 cm³/mol. The first-order valence-corrected chi connectivity index (χ1v) is 4.75. The summed E-state index contributed by atoms with van der Waals surface area (Å²) in [7, 11) is 3.49. The van der Waals surface area contributed by atoms with Gasteiger partial charge in [0, 0.05) is 19.7 Å². The first-order chi connectivity index (χ1) is 7.11. The van der Waals surface area contributed by atoms with E-state index in [1.165, 1.54) is 0 Å². The number of nitrogens with zero attached hydrogens (tertiary/aromatic N) is 2. The van der Waals surface area contributed by atoms with Gasteiger partial charge in [-0.25, -0.2) is 4.98 Å². The van der Waals surface area contributed by atoms with Gasteiger partial charge in [-0.1, -0.05) is 0 Å². The molecule has 0 aliphatic rings. The summed E-state index contributed by atoms with van der Waals surface area (Å²) in [5.74, 6) is 0.0115. The number of aromatic nitrogens is 2. The molecule has 0 fully saturated rings. The molecule has 0 aliphatic carbocycles. The van der Waals surface area contributed by atoms with Crippen molar-refractivity contribution in [2.75, 3.05) is 14.1 Å². The third-order valence-corrected chi connectivity index (χ3v) is 2.48. The Morgan fingerprint density at radius 3 is 2.80 bits per heavy atom. The van der Waals surface area contributed by atoms with E-state index in [0.29, 0.717) is 5.56 Å². The number of aryl methyl sites for hydroxylation is 1. The van der Waals surface area contributed by atoms with Crippen molar-refractivity contribution in [1.29, 1.82) is 0 Å². The highest BCUT2D eigenvalue weighted by Crippen LogP contribution is 2.19. The number of aromatic amines is 1. The summed E-state index contributed by atoms with van der Waals surface area (Å²) < 4.78 is 0. The van der Waals surface area contributed by atoms with Crippen molar-refractivity contribution in [2.24, 2.45) is 0 Å². The molecule has 1 N–H and O–H groups in total. The lowest BCUT2D eigenvalue weighted by Crippen LogP contribution is -2.22. The number of rotatable bonds is 1. The molecule has 78 valence electrons. The zero-order chi connectivity index (χ0) is 11.0. The Morgan fingerprint density at radius 1 is 1.40 bits per heavy atom. The molecule has 0 radical (unpaired) electrons. The quantitative estimate of drug-likeness (QED) is 0.764. The highest BCUT2D eigenvalue weighted by molar-refractivity contribution is 5.99. The minimum atomic E-state index is 0.0115. The number of hydrogen-bond donors (Lipinski definition) is 1. The molecule has 0 saturated heterocycles. The van der Waals surface area contributed by atoms with Gasteiger partial charge in [0.05, 0.1) is 17.4 Å². The Kier molecular flexibility index (Phi) is 2.19. The highest BCUT2D eigenvalue weighted by Gasteiger charge is 2.13. The number of carbonyl (C=O) groups is 1. The Labute approximate surface area is 87.9 Å². The second-order valence-corrected chi connectivity index (χ2v) is 3.74. The molecule has 2 rings (SSSR count). The highest BCUT2D eigenvalue weighted by atomic mass is 16.2. The Hall–Kier alpha value is -1.84. The molecule has 4 heteroatoms. The second kappa shape index (κ2) is 3.38. The topological polar surface area (TPSA) is 49.0 Å². The van der Waals surface area contributed by atoms with Gasteiger partial charge in [-0.05, 0) is 24.6 Å². The predicted octanol–water partition coefficient (Wildman–Crippen LogP) is 1.57. The summed E-state index contributed by atoms with van der Waals surface area (Å²) in [6, 6.07) is 3.71. The van der Waals surface area contributed by atoms with Gasteiger partial charge in [0.25, 0.3) is 5.91 Å². The molecule has 2 aromatic rings. The van der Waals surface area contributed by atoms with Gasteiger partial charge in [0.2, 0.25) is 0 Å². The number of imidazole rings is 1. The molecule has 1 aromatic carbocycles. The van der Waals surface area contributed by atoms with Gasteiger partial charge in [-0.15, -0.1) is 0 Å². The SMILES string of the molecule is Cc1c(C(=O)N(C)C)ccc2[nH]cnc12. The molecule has 1 aromatic heterocycles. The zero-order valence-corrected chi connectivity index (χ0v) is 9.03. The molecule has 1 amide bonds. The van der Waals surface area contributed by atoms with Crippen LogP contribution in [0.5, 0.6) is 0 Å². The monoisotopic (exact) mass is 203 g/mol. The third kappa shape index (κ3) is 1.48. The van der Waals surface area contributed by atoms with Crippen molar-refractivity contribution in [2.45, 2.75) is 6.92 Å². The van der Waals surface area contributed by atoms with E-state index < -0.39 is 0 Å². The molecule has 0 unspecified atom stereocenters. The van der Waals surface area contributed by atoms with Crippen molar-refractivity contribution < 1.29 is 4.79 Å². The zero-order valence-electron chi connectivity index (χ0n) is 9.03. The van der Waals surface area contributed by atoms with Gasteiger partial charge in [0.1, 0.15) is 0 Å².